The van der Waals surface area contributed by atoms with Crippen molar-refractivity contribution in [1.29, 1.82) is 5.26 Å². The fourth-order valence-corrected chi connectivity index (χ4v) is 3.12. The van der Waals surface area contributed by atoms with E-state index in [-0.39, 0.29) is 16.4 Å². The van der Waals surface area contributed by atoms with Gasteiger partial charge in [-0.2, -0.15) is 9.98 Å². The quantitative estimate of drug-likeness (QED) is 0.823. The van der Waals surface area contributed by atoms with Crippen molar-refractivity contribution in [1.82, 2.24) is 4.72 Å². The molecule has 1 rings (SSSR count). The molecule has 1 unspecified atom stereocenters. The Bertz CT molecular complexity index is 634. The number of carbonyl (C=O) groups is 1. The molecule has 1 aromatic carbocycles. The average molecular weight is 296 g/mol. The van der Waals surface area contributed by atoms with Crippen molar-refractivity contribution in [2.45, 2.75) is 31.2 Å². The minimum absolute atomic E-state index is 0.0201. The van der Waals surface area contributed by atoms with Gasteiger partial charge in [-0.1, -0.05) is 32.4 Å². The first-order chi connectivity index (χ1) is 9.33. The number of hydrogen-bond acceptors (Lipinski definition) is 4. The molecule has 0 spiro atoms. The Morgan fingerprint density at radius 2 is 2.05 bits per heavy atom. The summed E-state index contributed by atoms with van der Waals surface area (Å²) in [5, 5.41) is 18.0. The highest BCUT2D eigenvalue weighted by molar-refractivity contribution is 7.89. The van der Waals surface area contributed by atoms with E-state index >= 15 is 0 Å². The predicted molar refractivity (Wildman–Crippen MR) is 72.4 cm³/mol. The second kappa shape index (κ2) is 6.50. The molecule has 6 nitrogen and oxygen atoms in total. The molecule has 0 aliphatic rings. The standard InChI is InChI=1S/C13H16N2O4S/c1-3-9(2)12(13(16)17)15-20(18,19)11-7-5-4-6-10(11)8-14/h4-7,9,12,15H,3H2,1-2H3,(H,16,17)/t9?,12-/m0/s1. The molecule has 0 aromatic heterocycles. The number of rotatable bonds is 6. The predicted octanol–water partition coefficient (Wildman–Crippen LogP) is 1.34. The maximum Gasteiger partial charge on any atom is 0.322 e. The Morgan fingerprint density at radius 1 is 1.45 bits per heavy atom. The third kappa shape index (κ3) is 3.56. The molecule has 0 fully saturated rings. The van der Waals surface area contributed by atoms with Gasteiger partial charge in [-0.15, -0.1) is 0 Å². The van der Waals surface area contributed by atoms with E-state index < -0.39 is 22.0 Å². The van der Waals surface area contributed by atoms with Crippen LogP contribution in [0.15, 0.2) is 29.2 Å². The van der Waals surface area contributed by atoms with Gasteiger partial charge in [-0.25, -0.2) is 8.42 Å². The van der Waals surface area contributed by atoms with Crippen molar-refractivity contribution in [2.24, 2.45) is 5.92 Å². The molecule has 0 aliphatic heterocycles. The van der Waals surface area contributed by atoms with E-state index in [1.165, 1.54) is 18.2 Å². The van der Waals surface area contributed by atoms with Crippen LogP contribution in [0.2, 0.25) is 0 Å². The molecule has 108 valence electrons. The van der Waals surface area contributed by atoms with Crippen LogP contribution in [0.4, 0.5) is 0 Å². The van der Waals surface area contributed by atoms with Gasteiger partial charge in [0.15, 0.2) is 0 Å². The molecule has 2 atom stereocenters. The summed E-state index contributed by atoms with van der Waals surface area (Å²) in [6, 6.07) is 6.22. The van der Waals surface area contributed by atoms with Crippen molar-refractivity contribution in [3.05, 3.63) is 29.8 Å². The van der Waals surface area contributed by atoms with Gasteiger partial charge in [0.2, 0.25) is 10.0 Å². The maximum atomic E-state index is 12.2. The molecule has 20 heavy (non-hydrogen) atoms. The van der Waals surface area contributed by atoms with Crippen LogP contribution >= 0.6 is 0 Å². The number of benzene rings is 1. The number of aliphatic carboxylic acids is 1. The van der Waals surface area contributed by atoms with Gasteiger partial charge in [-0.3, -0.25) is 4.79 Å². The summed E-state index contributed by atoms with van der Waals surface area (Å²) in [6.07, 6.45) is 0.513. The van der Waals surface area contributed by atoms with Crippen molar-refractivity contribution < 1.29 is 18.3 Å². The summed E-state index contributed by atoms with van der Waals surface area (Å²) in [5.41, 5.74) is -0.0201. The third-order valence-corrected chi connectivity index (χ3v) is 4.56. The molecule has 0 heterocycles. The minimum atomic E-state index is -4.06. The van der Waals surface area contributed by atoms with Gasteiger partial charge in [0.25, 0.3) is 0 Å². The van der Waals surface area contributed by atoms with Gasteiger partial charge < -0.3 is 5.11 Å². The first kappa shape index (κ1) is 16.1. The number of nitrogens with one attached hydrogen (secondary N) is 1. The Hall–Kier alpha value is -1.91. The first-order valence-corrected chi connectivity index (χ1v) is 7.56. The molecule has 0 saturated heterocycles. The van der Waals surface area contributed by atoms with E-state index in [4.69, 9.17) is 10.4 Å². The minimum Gasteiger partial charge on any atom is -0.480 e. The topological polar surface area (TPSA) is 107 Å². The average Bonchev–Trinajstić information content (AvgIpc) is 2.43. The molecule has 0 radical (unpaired) electrons. The van der Waals surface area contributed by atoms with Gasteiger partial charge in [0.05, 0.1) is 10.5 Å². The lowest BCUT2D eigenvalue weighted by atomic mass is 10.0. The van der Waals surface area contributed by atoms with Crippen LogP contribution in [-0.2, 0) is 14.8 Å². The van der Waals surface area contributed by atoms with Gasteiger partial charge in [-0.05, 0) is 18.1 Å². The monoisotopic (exact) mass is 296 g/mol. The molecular formula is C13H16N2O4S. The number of nitrogens with zero attached hydrogens (tertiary/aromatic N) is 1. The molecule has 0 bridgehead atoms. The number of carboxylic acids is 1. The van der Waals surface area contributed by atoms with Crippen LogP contribution in [0.3, 0.4) is 0 Å². The van der Waals surface area contributed by atoms with Gasteiger partial charge in [0.1, 0.15) is 12.1 Å². The summed E-state index contributed by atoms with van der Waals surface area (Å²) in [7, 11) is -4.06. The van der Waals surface area contributed by atoms with Crippen LogP contribution < -0.4 is 4.72 Å². The highest BCUT2D eigenvalue weighted by Gasteiger charge is 2.30. The lowest BCUT2D eigenvalue weighted by Gasteiger charge is -2.20. The van der Waals surface area contributed by atoms with E-state index in [1.807, 2.05) is 0 Å². The number of hydrogen-bond donors (Lipinski definition) is 2. The lowest BCUT2D eigenvalue weighted by Crippen LogP contribution is -2.45. The zero-order valence-corrected chi connectivity index (χ0v) is 12.0. The fourth-order valence-electron chi connectivity index (χ4n) is 1.67. The fraction of sp³-hybridized carbons (Fsp3) is 0.385. The number of sulfonamides is 1. The summed E-state index contributed by atoms with van der Waals surface area (Å²) in [6.45, 7) is 3.43. The zero-order valence-electron chi connectivity index (χ0n) is 11.2. The maximum absolute atomic E-state index is 12.2. The van der Waals surface area contributed by atoms with Gasteiger partial charge >= 0.3 is 5.97 Å². The Kier molecular flexibility index (Phi) is 5.25. The molecule has 2 N–H and O–H groups in total. The Balaban J connectivity index is 3.17. The smallest absolute Gasteiger partial charge is 0.322 e. The largest absolute Gasteiger partial charge is 0.480 e. The van der Waals surface area contributed by atoms with E-state index in [1.54, 1.807) is 26.0 Å². The zero-order chi connectivity index (χ0) is 15.3. The second-order valence-electron chi connectivity index (χ2n) is 4.43. The number of nitriles is 1. The Labute approximate surface area is 118 Å². The summed E-state index contributed by atoms with van der Waals surface area (Å²) >= 11 is 0. The van der Waals surface area contributed by atoms with Gasteiger partial charge in [0, 0.05) is 0 Å². The second-order valence-corrected chi connectivity index (χ2v) is 6.11. The number of carboxylic acid groups (broad SMARTS) is 1. The lowest BCUT2D eigenvalue weighted by molar-refractivity contribution is -0.140. The van der Waals surface area contributed by atoms with Crippen LogP contribution in [-0.4, -0.2) is 25.5 Å². The third-order valence-electron chi connectivity index (χ3n) is 3.06. The summed E-state index contributed by atoms with van der Waals surface area (Å²) in [4.78, 5) is 11.0. The van der Waals surface area contributed by atoms with E-state index in [2.05, 4.69) is 4.72 Å². The van der Waals surface area contributed by atoms with Crippen LogP contribution in [0.25, 0.3) is 0 Å². The van der Waals surface area contributed by atoms with Crippen LogP contribution in [0, 0.1) is 17.2 Å². The normalized spacial score (nSPS) is 14.2. The van der Waals surface area contributed by atoms with E-state index in [9.17, 15) is 13.2 Å². The van der Waals surface area contributed by atoms with E-state index in [0.29, 0.717) is 6.42 Å². The first-order valence-electron chi connectivity index (χ1n) is 6.07. The highest BCUT2D eigenvalue weighted by Crippen LogP contribution is 2.17. The van der Waals surface area contributed by atoms with Crippen molar-refractivity contribution >= 4 is 16.0 Å². The van der Waals surface area contributed by atoms with Crippen molar-refractivity contribution in [3.63, 3.8) is 0 Å². The Morgan fingerprint density at radius 3 is 2.55 bits per heavy atom. The SMILES string of the molecule is CCC(C)[C@H](NS(=O)(=O)c1ccccc1C#N)C(=O)O. The molecule has 0 aliphatic carbocycles. The molecule has 0 saturated carbocycles. The van der Waals surface area contributed by atoms with E-state index in [0.717, 1.165) is 0 Å². The highest BCUT2D eigenvalue weighted by atomic mass is 32.2. The van der Waals surface area contributed by atoms with Crippen molar-refractivity contribution in [3.8, 4) is 6.07 Å². The summed E-state index contributed by atoms with van der Waals surface area (Å²) < 4.78 is 26.6. The molecular weight excluding hydrogens is 280 g/mol. The molecule has 0 amide bonds. The molecule has 1 aromatic rings. The van der Waals surface area contributed by atoms with Crippen LogP contribution in [0.5, 0.6) is 0 Å². The summed E-state index contributed by atoms with van der Waals surface area (Å²) in [5.74, 6) is -1.60. The van der Waals surface area contributed by atoms with Crippen molar-refractivity contribution in [2.75, 3.05) is 0 Å². The molecule has 7 heteroatoms. The van der Waals surface area contributed by atoms with Crippen LogP contribution in [0.1, 0.15) is 25.8 Å².